The van der Waals surface area contributed by atoms with E-state index < -0.39 is 12.2 Å². The lowest BCUT2D eigenvalue weighted by Gasteiger charge is -2.22. The Bertz CT molecular complexity index is 423. The van der Waals surface area contributed by atoms with Crippen LogP contribution in [0.15, 0.2) is 12.1 Å². The first-order valence-corrected chi connectivity index (χ1v) is 7.05. The van der Waals surface area contributed by atoms with E-state index in [1.54, 1.807) is 19.2 Å². The van der Waals surface area contributed by atoms with E-state index in [-0.39, 0.29) is 5.92 Å². The van der Waals surface area contributed by atoms with Gasteiger partial charge in [-0.05, 0) is 30.9 Å². The number of aliphatic hydroxyl groups is 2. The molecule has 2 N–H and O–H groups in total. The minimum absolute atomic E-state index is 0.0256. The van der Waals surface area contributed by atoms with Crippen molar-refractivity contribution in [2.75, 3.05) is 7.11 Å². The van der Waals surface area contributed by atoms with Gasteiger partial charge in [0.15, 0.2) is 0 Å². The summed E-state index contributed by atoms with van der Waals surface area (Å²) >= 11 is 12.1. The summed E-state index contributed by atoms with van der Waals surface area (Å²) in [6, 6.07) is 3.40. The van der Waals surface area contributed by atoms with Crippen molar-refractivity contribution in [1.82, 2.24) is 0 Å². The van der Waals surface area contributed by atoms with E-state index in [0.717, 1.165) is 5.56 Å². The first kappa shape index (κ1) is 16.6. The molecule has 5 heteroatoms. The summed E-state index contributed by atoms with van der Waals surface area (Å²) in [6.07, 6.45) is -0.561. The standard InChI is InChI=1S/C14H20Cl2O3/c1-4-12(17)13(18)5-8(2)10-6-9(15)7-11(16)14(10)19-3/h6-8,12-13,17-18H,4-5H2,1-3H3. The fraction of sp³-hybridized carbons (Fsp3) is 0.571. The average molecular weight is 307 g/mol. The lowest BCUT2D eigenvalue weighted by atomic mass is 9.92. The molecule has 0 aliphatic rings. The molecule has 1 aromatic rings. The highest BCUT2D eigenvalue weighted by atomic mass is 35.5. The van der Waals surface area contributed by atoms with Crippen LogP contribution in [0.1, 0.15) is 38.2 Å². The van der Waals surface area contributed by atoms with Crippen molar-refractivity contribution < 1.29 is 14.9 Å². The molecule has 108 valence electrons. The molecule has 0 saturated carbocycles. The van der Waals surface area contributed by atoms with Gasteiger partial charge in [-0.2, -0.15) is 0 Å². The lowest BCUT2D eigenvalue weighted by molar-refractivity contribution is 0.00944. The van der Waals surface area contributed by atoms with Crippen LogP contribution in [0.3, 0.4) is 0 Å². The highest BCUT2D eigenvalue weighted by Gasteiger charge is 2.22. The Hall–Kier alpha value is -0.480. The van der Waals surface area contributed by atoms with Crippen LogP contribution in [0.4, 0.5) is 0 Å². The third-order valence-electron chi connectivity index (χ3n) is 3.23. The number of halogens is 2. The highest BCUT2D eigenvalue weighted by Crippen LogP contribution is 2.38. The van der Waals surface area contributed by atoms with E-state index in [1.165, 1.54) is 0 Å². The van der Waals surface area contributed by atoms with Crippen molar-refractivity contribution in [2.24, 2.45) is 0 Å². The summed E-state index contributed by atoms with van der Waals surface area (Å²) in [5, 5.41) is 20.5. The van der Waals surface area contributed by atoms with Crippen LogP contribution in [0.25, 0.3) is 0 Å². The second-order valence-corrected chi connectivity index (χ2v) is 5.53. The van der Waals surface area contributed by atoms with Gasteiger partial charge in [0.2, 0.25) is 0 Å². The SMILES string of the molecule is CCC(O)C(O)CC(C)c1cc(Cl)cc(Cl)c1OC. The van der Waals surface area contributed by atoms with Crippen molar-refractivity contribution in [2.45, 2.75) is 44.8 Å². The predicted molar refractivity (Wildman–Crippen MR) is 78.4 cm³/mol. The molecule has 0 fully saturated rings. The van der Waals surface area contributed by atoms with Crippen molar-refractivity contribution in [3.63, 3.8) is 0 Å². The topological polar surface area (TPSA) is 49.7 Å². The monoisotopic (exact) mass is 306 g/mol. The van der Waals surface area contributed by atoms with Crippen molar-refractivity contribution in [3.05, 3.63) is 27.7 Å². The average Bonchev–Trinajstić information content (AvgIpc) is 2.36. The summed E-state index contributed by atoms with van der Waals surface area (Å²) in [4.78, 5) is 0. The molecule has 0 aromatic heterocycles. The van der Waals surface area contributed by atoms with Crippen molar-refractivity contribution >= 4 is 23.2 Å². The third kappa shape index (κ3) is 4.25. The van der Waals surface area contributed by atoms with Crippen LogP contribution in [0, 0.1) is 0 Å². The van der Waals surface area contributed by atoms with Crippen LogP contribution in [-0.4, -0.2) is 29.5 Å². The van der Waals surface area contributed by atoms with Crippen LogP contribution in [0.2, 0.25) is 10.0 Å². The minimum Gasteiger partial charge on any atom is -0.495 e. The quantitative estimate of drug-likeness (QED) is 0.844. The molecule has 0 aliphatic carbocycles. The zero-order chi connectivity index (χ0) is 14.6. The largest absolute Gasteiger partial charge is 0.495 e. The number of rotatable bonds is 6. The van der Waals surface area contributed by atoms with Gasteiger partial charge in [-0.1, -0.05) is 37.0 Å². The molecule has 0 saturated heterocycles. The summed E-state index contributed by atoms with van der Waals surface area (Å²) in [5.74, 6) is 0.541. The summed E-state index contributed by atoms with van der Waals surface area (Å²) in [6.45, 7) is 3.77. The molecule has 0 radical (unpaired) electrons. The molecule has 1 aromatic carbocycles. The molecular formula is C14H20Cl2O3. The molecule has 3 nitrogen and oxygen atoms in total. The maximum absolute atomic E-state index is 9.89. The van der Waals surface area contributed by atoms with E-state index in [1.807, 2.05) is 13.8 Å². The first-order chi connectivity index (χ1) is 8.90. The zero-order valence-electron chi connectivity index (χ0n) is 11.4. The second kappa shape index (κ2) is 7.34. The molecule has 3 atom stereocenters. The molecule has 0 bridgehead atoms. The van der Waals surface area contributed by atoms with Crippen molar-refractivity contribution in [1.29, 1.82) is 0 Å². The van der Waals surface area contributed by atoms with E-state index in [9.17, 15) is 10.2 Å². The van der Waals surface area contributed by atoms with E-state index in [0.29, 0.717) is 28.6 Å². The summed E-state index contributed by atoms with van der Waals surface area (Å²) in [5.41, 5.74) is 0.836. The molecule has 0 aliphatic heterocycles. The van der Waals surface area contributed by atoms with Gasteiger partial charge in [-0.15, -0.1) is 0 Å². The third-order valence-corrected chi connectivity index (χ3v) is 3.73. The Morgan fingerprint density at radius 3 is 2.37 bits per heavy atom. The van der Waals surface area contributed by atoms with E-state index >= 15 is 0 Å². The molecular weight excluding hydrogens is 287 g/mol. The zero-order valence-corrected chi connectivity index (χ0v) is 12.9. The molecule has 19 heavy (non-hydrogen) atoms. The van der Waals surface area contributed by atoms with Crippen LogP contribution in [0.5, 0.6) is 5.75 Å². The fourth-order valence-electron chi connectivity index (χ4n) is 2.08. The number of hydrogen-bond acceptors (Lipinski definition) is 3. The van der Waals surface area contributed by atoms with Crippen LogP contribution < -0.4 is 4.74 Å². The van der Waals surface area contributed by atoms with Crippen LogP contribution >= 0.6 is 23.2 Å². The Kier molecular flexibility index (Phi) is 6.40. The summed E-state index contributed by atoms with van der Waals surface area (Å²) < 4.78 is 5.29. The Balaban J connectivity index is 2.96. The molecule has 0 amide bonds. The maximum Gasteiger partial charge on any atom is 0.141 e. The van der Waals surface area contributed by atoms with Crippen molar-refractivity contribution in [3.8, 4) is 5.75 Å². The number of methoxy groups -OCH3 is 1. The smallest absolute Gasteiger partial charge is 0.141 e. The number of ether oxygens (including phenoxy) is 1. The van der Waals surface area contributed by atoms with E-state index in [2.05, 4.69) is 0 Å². The maximum atomic E-state index is 9.89. The minimum atomic E-state index is -0.775. The summed E-state index contributed by atoms with van der Waals surface area (Å²) in [7, 11) is 1.54. The van der Waals surface area contributed by atoms with Gasteiger partial charge in [-0.3, -0.25) is 0 Å². The van der Waals surface area contributed by atoms with Gasteiger partial charge in [0.1, 0.15) is 5.75 Å². The van der Waals surface area contributed by atoms with Gasteiger partial charge in [-0.25, -0.2) is 0 Å². The molecule has 0 spiro atoms. The number of hydrogen-bond donors (Lipinski definition) is 2. The predicted octanol–water partition coefficient (Wildman–Crippen LogP) is 3.63. The number of benzene rings is 1. The van der Waals surface area contributed by atoms with E-state index in [4.69, 9.17) is 27.9 Å². The van der Waals surface area contributed by atoms with Gasteiger partial charge in [0.25, 0.3) is 0 Å². The van der Waals surface area contributed by atoms with Gasteiger partial charge in [0, 0.05) is 10.6 Å². The molecule has 0 heterocycles. The van der Waals surface area contributed by atoms with Gasteiger partial charge in [0.05, 0.1) is 24.3 Å². The lowest BCUT2D eigenvalue weighted by Crippen LogP contribution is -2.26. The van der Waals surface area contributed by atoms with Gasteiger partial charge < -0.3 is 14.9 Å². The molecule has 1 rings (SSSR count). The Morgan fingerprint density at radius 1 is 1.21 bits per heavy atom. The number of aliphatic hydroxyl groups excluding tert-OH is 2. The Morgan fingerprint density at radius 2 is 1.84 bits per heavy atom. The highest BCUT2D eigenvalue weighted by molar-refractivity contribution is 6.35. The normalized spacial score (nSPS) is 15.9. The second-order valence-electron chi connectivity index (χ2n) is 4.69. The van der Waals surface area contributed by atoms with Crippen LogP contribution in [-0.2, 0) is 0 Å². The van der Waals surface area contributed by atoms with Gasteiger partial charge >= 0.3 is 0 Å². The molecule has 3 unspecified atom stereocenters. The Labute approximate surface area is 124 Å². The first-order valence-electron chi connectivity index (χ1n) is 6.29. The fourth-order valence-corrected chi connectivity index (χ4v) is 2.67.